The molecule has 0 aliphatic rings. The van der Waals surface area contributed by atoms with E-state index < -0.39 is 0 Å². The van der Waals surface area contributed by atoms with Gasteiger partial charge in [-0.25, -0.2) is 0 Å². The third kappa shape index (κ3) is 3.13. The van der Waals surface area contributed by atoms with E-state index in [-0.39, 0.29) is 5.41 Å². The first-order chi connectivity index (χ1) is 11.4. The Balaban J connectivity index is 2.16. The third-order valence-corrected chi connectivity index (χ3v) is 4.32. The lowest BCUT2D eigenvalue weighted by Crippen LogP contribution is -2.12. The van der Waals surface area contributed by atoms with E-state index in [1.165, 1.54) is 11.1 Å². The van der Waals surface area contributed by atoms with Crippen LogP contribution in [0.1, 0.15) is 26.3 Å². The summed E-state index contributed by atoms with van der Waals surface area (Å²) in [6.07, 6.45) is 0. The van der Waals surface area contributed by atoms with Gasteiger partial charge in [-0.3, -0.25) is 0 Å². The highest BCUT2D eigenvalue weighted by atomic mass is 14.6. The molecule has 0 aliphatic heterocycles. The molecule has 122 valence electrons. The number of hydrogen-bond acceptors (Lipinski definition) is 2. The Kier molecular flexibility index (Phi) is 4.06. The first-order valence-corrected chi connectivity index (χ1v) is 8.21. The van der Waals surface area contributed by atoms with Crippen LogP contribution in [0.25, 0.3) is 22.3 Å². The van der Waals surface area contributed by atoms with Crippen molar-refractivity contribution in [1.29, 1.82) is 0 Å². The zero-order valence-corrected chi connectivity index (χ0v) is 14.5. The summed E-state index contributed by atoms with van der Waals surface area (Å²) in [5, 5.41) is 0. The van der Waals surface area contributed by atoms with Crippen molar-refractivity contribution in [3.8, 4) is 22.3 Å². The van der Waals surface area contributed by atoms with Crippen LogP contribution in [-0.2, 0) is 5.41 Å². The minimum atomic E-state index is 0.0558. The standard InChI is InChI=1S/C22H24N2/c1-22(2,3)20-7-5-4-6-18(20)19-14-16(10-13-21(19)24)15-8-11-17(23)12-9-15/h4-14H,23-24H2,1-3H3. The minimum absolute atomic E-state index is 0.0558. The fraction of sp³-hybridized carbons (Fsp3) is 0.182. The molecule has 2 nitrogen and oxygen atoms in total. The monoisotopic (exact) mass is 316 g/mol. The van der Waals surface area contributed by atoms with Crippen molar-refractivity contribution < 1.29 is 0 Å². The van der Waals surface area contributed by atoms with E-state index in [2.05, 4.69) is 57.2 Å². The van der Waals surface area contributed by atoms with Gasteiger partial charge in [0, 0.05) is 16.9 Å². The number of benzene rings is 3. The molecule has 0 radical (unpaired) electrons. The maximum Gasteiger partial charge on any atom is 0.0394 e. The van der Waals surface area contributed by atoms with Gasteiger partial charge in [-0.15, -0.1) is 0 Å². The number of nitrogen functional groups attached to an aromatic ring is 2. The number of hydrogen-bond donors (Lipinski definition) is 2. The van der Waals surface area contributed by atoms with E-state index in [1.54, 1.807) is 0 Å². The maximum atomic E-state index is 6.32. The second kappa shape index (κ2) is 6.04. The van der Waals surface area contributed by atoms with Gasteiger partial charge in [-0.1, -0.05) is 63.2 Å². The molecular weight excluding hydrogens is 292 g/mol. The van der Waals surface area contributed by atoms with Crippen LogP contribution in [-0.4, -0.2) is 0 Å². The van der Waals surface area contributed by atoms with E-state index in [9.17, 15) is 0 Å². The van der Waals surface area contributed by atoms with Crippen molar-refractivity contribution >= 4 is 11.4 Å². The molecule has 0 saturated heterocycles. The van der Waals surface area contributed by atoms with Crippen LogP contribution in [0.2, 0.25) is 0 Å². The van der Waals surface area contributed by atoms with E-state index in [0.29, 0.717) is 0 Å². The molecule has 0 amide bonds. The molecular formula is C22H24N2. The summed E-state index contributed by atoms with van der Waals surface area (Å²) in [6.45, 7) is 6.68. The largest absolute Gasteiger partial charge is 0.399 e. The molecule has 3 aromatic rings. The van der Waals surface area contributed by atoms with Gasteiger partial charge in [0.15, 0.2) is 0 Å². The average molecular weight is 316 g/mol. The molecule has 0 aromatic heterocycles. The van der Waals surface area contributed by atoms with Gasteiger partial charge < -0.3 is 11.5 Å². The van der Waals surface area contributed by atoms with E-state index in [1.807, 2.05) is 30.3 Å². The second-order valence-electron chi connectivity index (χ2n) is 7.22. The van der Waals surface area contributed by atoms with Crippen LogP contribution in [0.4, 0.5) is 11.4 Å². The molecule has 3 aromatic carbocycles. The number of anilines is 2. The highest BCUT2D eigenvalue weighted by Crippen LogP contribution is 2.37. The molecule has 0 bridgehead atoms. The maximum absolute atomic E-state index is 6.32. The zero-order valence-electron chi connectivity index (χ0n) is 14.5. The van der Waals surface area contributed by atoms with Gasteiger partial charge in [0.1, 0.15) is 0 Å². The Morgan fingerprint density at radius 3 is 1.96 bits per heavy atom. The normalized spacial score (nSPS) is 11.5. The van der Waals surface area contributed by atoms with Crippen LogP contribution >= 0.6 is 0 Å². The Bertz CT molecular complexity index is 856. The van der Waals surface area contributed by atoms with Crippen molar-refractivity contribution in [1.82, 2.24) is 0 Å². The van der Waals surface area contributed by atoms with E-state index in [0.717, 1.165) is 28.1 Å². The Labute approximate surface area is 144 Å². The quantitative estimate of drug-likeness (QED) is 0.615. The predicted octanol–water partition coefficient (Wildman–Crippen LogP) is 5.48. The lowest BCUT2D eigenvalue weighted by molar-refractivity contribution is 0.592. The molecule has 0 aliphatic carbocycles. The molecule has 0 unspecified atom stereocenters. The molecule has 0 heterocycles. The Morgan fingerprint density at radius 1 is 0.667 bits per heavy atom. The first kappa shape index (κ1) is 16.1. The van der Waals surface area contributed by atoms with Crippen LogP contribution in [0.15, 0.2) is 66.7 Å². The minimum Gasteiger partial charge on any atom is -0.399 e. The SMILES string of the molecule is CC(C)(C)c1ccccc1-c1cc(-c2ccc(N)cc2)ccc1N. The van der Waals surface area contributed by atoms with Crippen LogP contribution in [0.5, 0.6) is 0 Å². The van der Waals surface area contributed by atoms with E-state index >= 15 is 0 Å². The summed E-state index contributed by atoms with van der Waals surface area (Å²) in [5.41, 5.74) is 19.6. The highest BCUT2D eigenvalue weighted by Gasteiger charge is 2.19. The molecule has 2 heteroatoms. The van der Waals surface area contributed by atoms with Crippen molar-refractivity contribution in [3.63, 3.8) is 0 Å². The van der Waals surface area contributed by atoms with Gasteiger partial charge in [0.2, 0.25) is 0 Å². The topological polar surface area (TPSA) is 52.0 Å². The fourth-order valence-corrected chi connectivity index (χ4v) is 3.02. The molecule has 3 rings (SSSR count). The van der Waals surface area contributed by atoms with E-state index in [4.69, 9.17) is 11.5 Å². The molecule has 0 atom stereocenters. The van der Waals surface area contributed by atoms with Crippen molar-refractivity contribution in [3.05, 3.63) is 72.3 Å². The lowest BCUT2D eigenvalue weighted by atomic mass is 9.81. The zero-order chi connectivity index (χ0) is 17.3. The summed E-state index contributed by atoms with van der Waals surface area (Å²) >= 11 is 0. The molecule has 24 heavy (non-hydrogen) atoms. The second-order valence-corrected chi connectivity index (χ2v) is 7.22. The van der Waals surface area contributed by atoms with Crippen molar-refractivity contribution in [2.45, 2.75) is 26.2 Å². The third-order valence-electron chi connectivity index (χ3n) is 4.32. The highest BCUT2D eigenvalue weighted by molar-refractivity contribution is 5.84. The van der Waals surface area contributed by atoms with Crippen molar-refractivity contribution in [2.75, 3.05) is 11.5 Å². The molecule has 0 fully saturated rings. The lowest BCUT2D eigenvalue weighted by Gasteiger charge is -2.24. The molecule has 0 spiro atoms. The van der Waals surface area contributed by atoms with Gasteiger partial charge in [0.25, 0.3) is 0 Å². The summed E-state index contributed by atoms with van der Waals surface area (Å²) in [5.74, 6) is 0. The van der Waals surface area contributed by atoms with Crippen LogP contribution in [0.3, 0.4) is 0 Å². The van der Waals surface area contributed by atoms with Gasteiger partial charge in [-0.2, -0.15) is 0 Å². The molecule has 4 N–H and O–H groups in total. The Morgan fingerprint density at radius 2 is 1.29 bits per heavy atom. The molecule has 0 saturated carbocycles. The van der Waals surface area contributed by atoms with Crippen LogP contribution in [0, 0.1) is 0 Å². The van der Waals surface area contributed by atoms with Gasteiger partial charge in [-0.05, 0) is 51.9 Å². The fourth-order valence-electron chi connectivity index (χ4n) is 3.02. The van der Waals surface area contributed by atoms with Gasteiger partial charge in [0.05, 0.1) is 0 Å². The number of rotatable bonds is 2. The average Bonchev–Trinajstić information content (AvgIpc) is 2.55. The van der Waals surface area contributed by atoms with Crippen LogP contribution < -0.4 is 11.5 Å². The summed E-state index contributed by atoms with van der Waals surface area (Å²) < 4.78 is 0. The summed E-state index contributed by atoms with van der Waals surface area (Å²) in [4.78, 5) is 0. The smallest absolute Gasteiger partial charge is 0.0394 e. The number of nitrogens with two attached hydrogens (primary N) is 2. The predicted molar refractivity (Wildman–Crippen MR) is 105 cm³/mol. The van der Waals surface area contributed by atoms with Gasteiger partial charge >= 0.3 is 0 Å². The summed E-state index contributed by atoms with van der Waals surface area (Å²) in [7, 11) is 0. The Hall–Kier alpha value is -2.74. The van der Waals surface area contributed by atoms with Crippen molar-refractivity contribution in [2.24, 2.45) is 0 Å². The first-order valence-electron chi connectivity index (χ1n) is 8.21. The summed E-state index contributed by atoms with van der Waals surface area (Å²) in [6, 6.07) is 22.6.